The number of thiophene rings is 1. The molecule has 2 heterocycles. The summed E-state index contributed by atoms with van der Waals surface area (Å²) in [6.45, 7) is 2.03. The maximum Gasteiger partial charge on any atom is 0.0656 e. The fourth-order valence-corrected chi connectivity index (χ4v) is 3.38. The Labute approximate surface area is 119 Å². The van der Waals surface area contributed by atoms with Crippen LogP contribution in [0.2, 0.25) is 0 Å². The lowest BCUT2D eigenvalue weighted by molar-refractivity contribution is 0.562. The molecule has 1 unspecified atom stereocenters. The van der Waals surface area contributed by atoms with Crippen molar-refractivity contribution in [1.82, 2.24) is 15.1 Å². The van der Waals surface area contributed by atoms with Gasteiger partial charge in [0.05, 0.1) is 8.58 Å². The van der Waals surface area contributed by atoms with Crippen LogP contribution >= 0.6 is 33.9 Å². The Morgan fingerprint density at radius 2 is 2.29 bits per heavy atom. The second-order valence-electron chi connectivity index (χ2n) is 4.13. The molecular formula is C12H16IN3S. The molecule has 92 valence electrons. The van der Waals surface area contributed by atoms with E-state index in [1.54, 1.807) is 11.3 Å². The topological polar surface area (TPSA) is 29.9 Å². The van der Waals surface area contributed by atoms with Crippen molar-refractivity contribution in [1.29, 1.82) is 0 Å². The average molecular weight is 361 g/mol. The molecule has 0 aromatic carbocycles. The smallest absolute Gasteiger partial charge is 0.0656 e. The van der Waals surface area contributed by atoms with E-state index in [0.29, 0.717) is 6.04 Å². The van der Waals surface area contributed by atoms with Crippen molar-refractivity contribution >= 4 is 33.9 Å². The van der Waals surface area contributed by atoms with Gasteiger partial charge in [-0.2, -0.15) is 5.10 Å². The summed E-state index contributed by atoms with van der Waals surface area (Å²) < 4.78 is 3.30. The molecule has 0 radical (unpaired) electrons. The van der Waals surface area contributed by atoms with Gasteiger partial charge in [-0.15, -0.1) is 11.3 Å². The molecule has 0 spiro atoms. The van der Waals surface area contributed by atoms with Crippen molar-refractivity contribution in [2.24, 2.45) is 7.05 Å². The largest absolute Gasteiger partial charge is 0.313 e. The highest BCUT2D eigenvalue weighted by molar-refractivity contribution is 14.1. The minimum atomic E-state index is 0.365. The van der Waals surface area contributed by atoms with Crippen LogP contribution in [0, 0.1) is 9.81 Å². The fraction of sp³-hybridized carbons (Fsp3) is 0.417. The number of halogens is 1. The Balaban J connectivity index is 2.18. The van der Waals surface area contributed by atoms with Crippen LogP contribution in [-0.2, 0) is 13.5 Å². The molecule has 5 heteroatoms. The summed E-state index contributed by atoms with van der Waals surface area (Å²) in [7, 11) is 4.02. The first-order chi connectivity index (χ1) is 8.10. The Hall–Kier alpha value is -0.400. The summed E-state index contributed by atoms with van der Waals surface area (Å²) in [5.74, 6) is 0. The van der Waals surface area contributed by atoms with Gasteiger partial charge in [0, 0.05) is 25.2 Å². The number of aromatic nitrogens is 2. The lowest BCUT2D eigenvalue weighted by atomic mass is 10.1. The van der Waals surface area contributed by atoms with Gasteiger partial charge < -0.3 is 5.32 Å². The minimum Gasteiger partial charge on any atom is -0.313 e. The first-order valence-electron chi connectivity index (χ1n) is 5.51. The summed E-state index contributed by atoms with van der Waals surface area (Å²) in [6, 6.07) is 4.77. The van der Waals surface area contributed by atoms with Crippen molar-refractivity contribution < 1.29 is 0 Å². The first-order valence-corrected chi connectivity index (χ1v) is 7.46. The Kier molecular flexibility index (Phi) is 4.22. The molecule has 0 bridgehead atoms. The third kappa shape index (κ3) is 3.08. The summed E-state index contributed by atoms with van der Waals surface area (Å²) in [6.07, 6.45) is 0.973. The number of nitrogens with one attached hydrogen (secondary N) is 1. The van der Waals surface area contributed by atoms with E-state index < -0.39 is 0 Å². The second kappa shape index (κ2) is 5.49. The molecule has 3 nitrogen and oxygen atoms in total. The van der Waals surface area contributed by atoms with Gasteiger partial charge >= 0.3 is 0 Å². The molecule has 17 heavy (non-hydrogen) atoms. The maximum atomic E-state index is 4.39. The van der Waals surface area contributed by atoms with Crippen LogP contribution < -0.4 is 5.32 Å². The molecule has 1 atom stereocenters. The summed E-state index contributed by atoms with van der Waals surface area (Å²) in [5.41, 5.74) is 3.71. The highest BCUT2D eigenvalue weighted by Crippen LogP contribution is 2.24. The number of hydrogen-bond acceptors (Lipinski definition) is 3. The van der Waals surface area contributed by atoms with Crippen LogP contribution in [0.1, 0.15) is 23.0 Å². The maximum absolute atomic E-state index is 4.39. The zero-order valence-corrected chi connectivity index (χ0v) is 13.2. The van der Waals surface area contributed by atoms with Crippen LogP contribution in [0.3, 0.4) is 0 Å². The highest BCUT2D eigenvalue weighted by atomic mass is 127. The third-order valence-electron chi connectivity index (χ3n) is 2.85. The van der Waals surface area contributed by atoms with Crippen molar-refractivity contribution in [3.05, 3.63) is 37.3 Å². The number of likely N-dealkylation sites (N-methyl/N-ethyl adjacent to an activating group) is 1. The van der Waals surface area contributed by atoms with E-state index in [0.717, 1.165) is 12.1 Å². The van der Waals surface area contributed by atoms with Gasteiger partial charge in [-0.1, -0.05) is 0 Å². The van der Waals surface area contributed by atoms with Crippen LogP contribution in [0.4, 0.5) is 0 Å². The molecule has 2 aromatic heterocycles. The molecule has 0 aliphatic rings. The molecule has 0 aliphatic heterocycles. The lowest BCUT2D eigenvalue weighted by Crippen LogP contribution is -2.19. The molecule has 0 amide bonds. The molecular weight excluding hydrogens is 345 g/mol. The number of nitrogens with zero attached hydrogens (tertiary/aromatic N) is 2. The van der Waals surface area contributed by atoms with E-state index in [9.17, 15) is 0 Å². The number of rotatable bonds is 4. The molecule has 1 N–H and O–H groups in total. The van der Waals surface area contributed by atoms with Crippen LogP contribution in [0.25, 0.3) is 0 Å². The predicted molar refractivity (Wildman–Crippen MR) is 80.5 cm³/mol. The zero-order valence-electron chi connectivity index (χ0n) is 10.2. The van der Waals surface area contributed by atoms with Crippen molar-refractivity contribution in [3.63, 3.8) is 0 Å². The van der Waals surface area contributed by atoms with Crippen molar-refractivity contribution in [3.8, 4) is 0 Å². The Bertz CT molecular complexity index is 504. The van der Waals surface area contributed by atoms with Gasteiger partial charge in [0.15, 0.2) is 0 Å². The average Bonchev–Trinajstić information content (AvgIpc) is 2.82. The summed E-state index contributed by atoms with van der Waals surface area (Å²) in [4.78, 5) is 0. The highest BCUT2D eigenvalue weighted by Gasteiger charge is 2.14. The van der Waals surface area contributed by atoms with E-state index in [2.05, 4.69) is 50.5 Å². The van der Waals surface area contributed by atoms with Gasteiger partial charge in [0.2, 0.25) is 0 Å². The lowest BCUT2D eigenvalue weighted by Gasteiger charge is -2.14. The van der Waals surface area contributed by atoms with Gasteiger partial charge in [0.1, 0.15) is 0 Å². The van der Waals surface area contributed by atoms with Crippen LogP contribution in [0.5, 0.6) is 0 Å². The van der Waals surface area contributed by atoms with Crippen LogP contribution in [-0.4, -0.2) is 16.8 Å². The molecule has 2 aromatic rings. The normalized spacial score (nSPS) is 12.9. The monoisotopic (exact) mass is 361 g/mol. The van der Waals surface area contributed by atoms with Crippen molar-refractivity contribution in [2.45, 2.75) is 19.4 Å². The summed E-state index contributed by atoms with van der Waals surface area (Å²) in [5, 5.41) is 9.99. The van der Waals surface area contributed by atoms with E-state index in [1.807, 2.05) is 25.7 Å². The van der Waals surface area contributed by atoms with E-state index in [1.165, 1.54) is 14.1 Å². The first kappa shape index (κ1) is 13.0. The quantitative estimate of drug-likeness (QED) is 0.849. The second-order valence-corrected chi connectivity index (χ2v) is 6.94. The zero-order chi connectivity index (χ0) is 12.4. The minimum absolute atomic E-state index is 0.365. The Morgan fingerprint density at radius 3 is 2.76 bits per heavy atom. The number of aryl methyl sites for hydroxylation is 2. The molecule has 0 aliphatic carbocycles. The Morgan fingerprint density at radius 1 is 1.53 bits per heavy atom. The molecule has 2 rings (SSSR count). The van der Waals surface area contributed by atoms with Gasteiger partial charge in [-0.05, 0) is 59.6 Å². The molecule has 0 saturated carbocycles. The molecule has 0 fully saturated rings. The van der Waals surface area contributed by atoms with Crippen molar-refractivity contribution in [2.75, 3.05) is 7.05 Å². The third-order valence-corrected chi connectivity index (χ3v) is 4.66. The molecule has 0 saturated heterocycles. The van der Waals surface area contributed by atoms with E-state index >= 15 is 0 Å². The SMILES string of the molecule is CNC(Cc1cc(C)nn1C)c1csc(I)c1. The van der Waals surface area contributed by atoms with E-state index in [4.69, 9.17) is 0 Å². The van der Waals surface area contributed by atoms with Gasteiger partial charge in [-0.3, -0.25) is 4.68 Å². The summed E-state index contributed by atoms with van der Waals surface area (Å²) >= 11 is 4.16. The van der Waals surface area contributed by atoms with Crippen LogP contribution in [0.15, 0.2) is 17.5 Å². The standard InChI is InChI=1S/C12H16IN3S/c1-8-4-10(16(3)15-8)6-11(14-2)9-5-12(13)17-7-9/h4-5,7,11,14H,6H2,1-3H3. The number of hydrogen-bond donors (Lipinski definition) is 1. The van der Waals surface area contributed by atoms with Gasteiger partial charge in [0.25, 0.3) is 0 Å². The fourth-order valence-electron chi connectivity index (χ4n) is 1.96. The van der Waals surface area contributed by atoms with Gasteiger partial charge in [-0.25, -0.2) is 0 Å². The predicted octanol–water partition coefficient (Wildman–Crippen LogP) is 2.90. The van der Waals surface area contributed by atoms with E-state index in [-0.39, 0.29) is 0 Å².